The van der Waals surface area contributed by atoms with Gasteiger partial charge in [-0.1, -0.05) is 55.3 Å². The number of carbonyl (C=O) groups excluding carboxylic acids is 2. The van der Waals surface area contributed by atoms with Gasteiger partial charge in [-0.25, -0.2) is 13.2 Å². The molecule has 1 aliphatic carbocycles. The number of benzene rings is 2. The van der Waals surface area contributed by atoms with Crippen molar-refractivity contribution in [3.8, 4) is 0 Å². The maximum atomic E-state index is 13.6. The molecule has 1 saturated carbocycles. The predicted molar refractivity (Wildman–Crippen MR) is 163 cm³/mol. The molecular weight excluding hydrogens is 548 g/mol. The lowest BCUT2D eigenvalue weighted by atomic mass is 9.76. The summed E-state index contributed by atoms with van der Waals surface area (Å²) < 4.78 is 23.6. The summed E-state index contributed by atoms with van der Waals surface area (Å²) in [5, 5.41) is 3.29. The molecule has 42 heavy (non-hydrogen) atoms. The van der Waals surface area contributed by atoms with Crippen molar-refractivity contribution in [1.82, 2.24) is 20.0 Å². The maximum Gasteiger partial charge on any atom is 0.317 e. The Hall–Kier alpha value is -2.91. The van der Waals surface area contributed by atoms with Gasteiger partial charge in [0.15, 0.2) is 9.84 Å². The molecule has 2 aromatic carbocycles. The van der Waals surface area contributed by atoms with Gasteiger partial charge in [-0.05, 0) is 74.4 Å². The van der Waals surface area contributed by atoms with E-state index < -0.39 is 9.84 Å². The van der Waals surface area contributed by atoms with Crippen molar-refractivity contribution in [2.24, 2.45) is 11.3 Å². The van der Waals surface area contributed by atoms with Crippen molar-refractivity contribution in [2.75, 3.05) is 45.5 Å². The SMILES string of the molecule is CS(=O)(=O)c1ccc(CN2CCC3(CCN(C[C@H]4CN(C(=O)NC5CCCC5)CC4c4ccccc4)CC3)C2=O)cc1. The van der Waals surface area contributed by atoms with Gasteiger partial charge in [-0.2, -0.15) is 0 Å². The molecule has 3 heterocycles. The van der Waals surface area contributed by atoms with Gasteiger partial charge in [0.05, 0.1) is 10.3 Å². The summed E-state index contributed by atoms with van der Waals surface area (Å²) in [5.74, 6) is 0.919. The number of nitrogens with one attached hydrogen (secondary N) is 1. The second-order valence-corrected chi connectivity index (χ2v) is 15.1. The quantitative estimate of drug-likeness (QED) is 0.519. The van der Waals surface area contributed by atoms with Gasteiger partial charge in [-0.3, -0.25) is 4.79 Å². The van der Waals surface area contributed by atoms with E-state index in [-0.39, 0.29) is 17.4 Å². The van der Waals surface area contributed by atoms with Crippen LogP contribution in [0.15, 0.2) is 59.5 Å². The average Bonchev–Trinajstić information content (AvgIpc) is 3.72. The number of nitrogens with zero attached hydrogens (tertiary/aromatic N) is 3. The minimum Gasteiger partial charge on any atom is -0.338 e. The van der Waals surface area contributed by atoms with Crippen LogP contribution in [0, 0.1) is 11.3 Å². The van der Waals surface area contributed by atoms with Crippen molar-refractivity contribution >= 4 is 21.8 Å². The number of sulfone groups is 1. The zero-order valence-electron chi connectivity index (χ0n) is 24.7. The topological polar surface area (TPSA) is 90.0 Å². The maximum absolute atomic E-state index is 13.6. The summed E-state index contributed by atoms with van der Waals surface area (Å²) >= 11 is 0. The molecule has 2 atom stereocenters. The molecule has 1 spiro atoms. The zero-order valence-corrected chi connectivity index (χ0v) is 25.5. The summed E-state index contributed by atoms with van der Waals surface area (Å²) in [6, 6.07) is 17.9. The number of urea groups is 1. The molecule has 2 aromatic rings. The normalized spacial score (nSPS) is 25.0. The van der Waals surface area contributed by atoms with Crippen molar-refractivity contribution in [1.29, 1.82) is 0 Å². The van der Waals surface area contributed by atoms with Gasteiger partial charge >= 0.3 is 6.03 Å². The zero-order chi connectivity index (χ0) is 29.3. The molecular formula is C33H44N4O4S. The fourth-order valence-corrected chi connectivity index (χ4v) is 8.33. The van der Waals surface area contributed by atoms with Crippen LogP contribution in [-0.4, -0.2) is 86.6 Å². The molecule has 0 aromatic heterocycles. The summed E-state index contributed by atoms with van der Waals surface area (Å²) in [5.41, 5.74) is 1.98. The highest BCUT2D eigenvalue weighted by atomic mass is 32.2. The molecule has 9 heteroatoms. The van der Waals surface area contributed by atoms with Crippen LogP contribution >= 0.6 is 0 Å². The number of hydrogen-bond acceptors (Lipinski definition) is 5. The standard InChI is InChI=1S/C33H44N4O4S/c1-42(40,41)29-13-11-25(12-14-29)21-36-20-17-33(31(36)38)15-18-35(19-16-33)22-27-23-37(32(39)34-28-9-5-6-10-28)24-30(27)26-7-3-2-4-8-26/h2-4,7-8,11-14,27-28,30H,5-6,9-10,15-24H2,1H3,(H,34,39)/t27-,30?/m0/s1. The fourth-order valence-electron chi connectivity index (χ4n) is 7.70. The molecule has 6 rings (SSSR count). The summed E-state index contributed by atoms with van der Waals surface area (Å²) in [4.78, 5) is 33.6. The second-order valence-electron chi connectivity index (χ2n) is 13.1. The number of carbonyl (C=O) groups is 2. The van der Waals surface area contributed by atoms with E-state index in [2.05, 4.69) is 40.5 Å². The van der Waals surface area contributed by atoms with Crippen LogP contribution in [-0.2, 0) is 21.2 Å². The van der Waals surface area contributed by atoms with E-state index in [9.17, 15) is 18.0 Å². The lowest BCUT2D eigenvalue weighted by Gasteiger charge is -2.39. The van der Waals surface area contributed by atoms with Gasteiger partial charge in [0, 0.05) is 50.9 Å². The van der Waals surface area contributed by atoms with E-state index in [1.807, 2.05) is 21.9 Å². The number of amides is 3. The third-order valence-electron chi connectivity index (χ3n) is 10.3. The summed E-state index contributed by atoms with van der Waals surface area (Å²) in [6.45, 7) is 5.52. The first-order valence-electron chi connectivity index (χ1n) is 15.6. The van der Waals surface area contributed by atoms with E-state index in [4.69, 9.17) is 0 Å². The predicted octanol–water partition coefficient (Wildman–Crippen LogP) is 4.27. The largest absolute Gasteiger partial charge is 0.338 e. The van der Waals surface area contributed by atoms with E-state index in [1.165, 1.54) is 24.7 Å². The first-order valence-corrected chi connectivity index (χ1v) is 17.5. The van der Waals surface area contributed by atoms with Crippen LogP contribution in [0.4, 0.5) is 4.79 Å². The first-order chi connectivity index (χ1) is 20.2. The Morgan fingerprint density at radius 2 is 1.60 bits per heavy atom. The summed E-state index contributed by atoms with van der Waals surface area (Å²) in [6.07, 6.45) is 8.41. The van der Waals surface area contributed by atoms with Gasteiger partial charge in [0.1, 0.15) is 0 Å². The average molecular weight is 593 g/mol. The molecule has 3 amide bonds. The van der Waals surface area contributed by atoms with Gasteiger partial charge in [0.2, 0.25) is 5.91 Å². The molecule has 3 saturated heterocycles. The Morgan fingerprint density at radius 3 is 2.26 bits per heavy atom. The highest BCUT2D eigenvalue weighted by molar-refractivity contribution is 7.90. The second kappa shape index (κ2) is 12.0. The fraction of sp³-hybridized carbons (Fsp3) is 0.576. The van der Waals surface area contributed by atoms with Crippen molar-refractivity contribution in [2.45, 2.75) is 68.3 Å². The van der Waals surface area contributed by atoms with Crippen LogP contribution in [0.25, 0.3) is 0 Å². The molecule has 1 unspecified atom stereocenters. The van der Waals surface area contributed by atoms with Crippen LogP contribution in [0.1, 0.15) is 62.0 Å². The van der Waals surface area contributed by atoms with Crippen molar-refractivity contribution in [3.63, 3.8) is 0 Å². The molecule has 4 aliphatic rings. The Labute approximate surface area is 250 Å². The molecule has 226 valence electrons. The van der Waals surface area contributed by atoms with Crippen LogP contribution in [0.5, 0.6) is 0 Å². The molecule has 3 aliphatic heterocycles. The van der Waals surface area contributed by atoms with E-state index in [0.717, 1.165) is 76.9 Å². The van der Waals surface area contributed by atoms with Crippen molar-refractivity contribution in [3.05, 3.63) is 65.7 Å². The highest BCUT2D eigenvalue weighted by Gasteiger charge is 2.48. The highest BCUT2D eigenvalue weighted by Crippen LogP contribution is 2.43. The Bertz CT molecular complexity index is 1370. The molecule has 4 fully saturated rings. The summed E-state index contributed by atoms with van der Waals surface area (Å²) in [7, 11) is -3.23. The van der Waals surface area contributed by atoms with E-state index in [0.29, 0.717) is 29.3 Å². The number of piperidine rings is 1. The van der Waals surface area contributed by atoms with Gasteiger partial charge < -0.3 is 20.0 Å². The molecule has 8 nitrogen and oxygen atoms in total. The number of likely N-dealkylation sites (tertiary alicyclic amines) is 3. The molecule has 0 radical (unpaired) electrons. The number of hydrogen-bond donors (Lipinski definition) is 1. The van der Waals surface area contributed by atoms with Crippen molar-refractivity contribution < 1.29 is 18.0 Å². The van der Waals surface area contributed by atoms with Crippen LogP contribution < -0.4 is 5.32 Å². The number of rotatable bonds is 7. The van der Waals surface area contributed by atoms with Gasteiger partial charge in [0.25, 0.3) is 0 Å². The van der Waals surface area contributed by atoms with Crippen LogP contribution in [0.3, 0.4) is 0 Å². The Balaban J connectivity index is 1.06. The first kappa shape index (κ1) is 29.2. The smallest absolute Gasteiger partial charge is 0.317 e. The minimum atomic E-state index is -3.23. The van der Waals surface area contributed by atoms with E-state index in [1.54, 1.807) is 12.1 Å². The van der Waals surface area contributed by atoms with Gasteiger partial charge in [-0.15, -0.1) is 0 Å². The Morgan fingerprint density at radius 1 is 0.929 bits per heavy atom. The van der Waals surface area contributed by atoms with Crippen LogP contribution in [0.2, 0.25) is 0 Å². The third-order valence-corrected chi connectivity index (χ3v) is 11.4. The lowest BCUT2D eigenvalue weighted by molar-refractivity contribution is -0.139. The lowest BCUT2D eigenvalue weighted by Crippen LogP contribution is -2.46. The molecule has 1 N–H and O–H groups in total. The third kappa shape index (κ3) is 6.23. The monoisotopic (exact) mass is 592 g/mol. The minimum absolute atomic E-state index is 0.0885. The Kier molecular flexibility index (Phi) is 8.33. The van der Waals surface area contributed by atoms with E-state index >= 15 is 0 Å². The molecule has 0 bridgehead atoms.